The molecule has 2 heterocycles. The van der Waals surface area contributed by atoms with Crippen LogP contribution in [0.25, 0.3) is 0 Å². The van der Waals surface area contributed by atoms with Crippen molar-refractivity contribution in [1.29, 1.82) is 0 Å². The molecule has 0 aromatic carbocycles. The second-order valence-electron chi connectivity index (χ2n) is 4.03. The predicted molar refractivity (Wildman–Crippen MR) is 65.6 cm³/mol. The summed E-state index contributed by atoms with van der Waals surface area (Å²) in [4.78, 5) is 14.6. The van der Waals surface area contributed by atoms with E-state index in [9.17, 15) is 4.79 Å². The Morgan fingerprint density at radius 2 is 2.22 bits per heavy atom. The Morgan fingerprint density at radius 1 is 1.44 bits per heavy atom. The molecule has 2 aromatic heterocycles. The molecule has 0 aliphatic carbocycles. The van der Waals surface area contributed by atoms with Crippen LogP contribution in [0.5, 0.6) is 0 Å². The molecule has 0 atom stereocenters. The van der Waals surface area contributed by atoms with Gasteiger partial charge in [0.1, 0.15) is 0 Å². The summed E-state index contributed by atoms with van der Waals surface area (Å²) in [5.74, 6) is -1.01. The first-order chi connectivity index (χ1) is 8.63. The minimum atomic E-state index is -1.01. The van der Waals surface area contributed by atoms with Crippen LogP contribution in [0.3, 0.4) is 0 Å². The van der Waals surface area contributed by atoms with Gasteiger partial charge in [0.15, 0.2) is 5.69 Å². The van der Waals surface area contributed by atoms with Crippen LogP contribution in [0.4, 0.5) is 0 Å². The summed E-state index contributed by atoms with van der Waals surface area (Å²) in [5.41, 5.74) is 2.17. The van der Waals surface area contributed by atoms with E-state index < -0.39 is 5.97 Å². The number of carboxylic acid groups (broad SMARTS) is 1. The molecule has 6 heteroatoms. The van der Waals surface area contributed by atoms with Crippen LogP contribution in [-0.2, 0) is 19.5 Å². The number of carbonyl (C=O) groups is 1. The number of imidazole rings is 1. The van der Waals surface area contributed by atoms with E-state index in [4.69, 9.17) is 5.11 Å². The topological polar surface area (TPSA) is 72.9 Å². The number of aromatic nitrogens is 4. The van der Waals surface area contributed by atoms with Gasteiger partial charge in [-0.1, -0.05) is 6.92 Å². The number of nitrogens with zero attached hydrogens (tertiary/aromatic N) is 4. The summed E-state index contributed by atoms with van der Waals surface area (Å²) >= 11 is 0. The van der Waals surface area contributed by atoms with E-state index >= 15 is 0 Å². The molecule has 0 radical (unpaired) electrons. The Labute approximate surface area is 105 Å². The third-order valence-corrected chi connectivity index (χ3v) is 2.77. The maximum atomic E-state index is 10.7. The summed E-state index contributed by atoms with van der Waals surface area (Å²) in [6.07, 6.45) is 3.95. The highest BCUT2D eigenvalue weighted by Crippen LogP contribution is 2.08. The van der Waals surface area contributed by atoms with Crippen LogP contribution in [0.15, 0.2) is 18.6 Å². The molecule has 18 heavy (non-hydrogen) atoms. The Hall–Kier alpha value is -2.11. The molecule has 2 aromatic rings. The van der Waals surface area contributed by atoms with Crippen LogP contribution in [0, 0.1) is 0 Å². The smallest absolute Gasteiger partial charge is 0.356 e. The highest BCUT2D eigenvalue weighted by Gasteiger charge is 2.09. The third-order valence-electron chi connectivity index (χ3n) is 2.77. The highest BCUT2D eigenvalue weighted by molar-refractivity contribution is 5.84. The van der Waals surface area contributed by atoms with Crippen molar-refractivity contribution in [3.63, 3.8) is 0 Å². The SMILES string of the molecule is CCc1cc(Cn2cnc(C(=O)O)c2)n(CC)n1. The van der Waals surface area contributed by atoms with Gasteiger partial charge in [0.05, 0.1) is 24.3 Å². The van der Waals surface area contributed by atoms with E-state index in [0.29, 0.717) is 6.54 Å². The number of aromatic carboxylic acids is 1. The van der Waals surface area contributed by atoms with E-state index in [-0.39, 0.29) is 5.69 Å². The van der Waals surface area contributed by atoms with Gasteiger partial charge in [-0.15, -0.1) is 0 Å². The molecular formula is C12H16N4O2. The van der Waals surface area contributed by atoms with Gasteiger partial charge in [-0.05, 0) is 19.4 Å². The minimum Gasteiger partial charge on any atom is -0.476 e. The van der Waals surface area contributed by atoms with Crippen molar-refractivity contribution in [1.82, 2.24) is 19.3 Å². The number of carboxylic acids is 1. The lowest BCUT2D eigenvalue weighted by Gasteiger charge is -2.04. The summed E-state index contributed by atoms with van der Waals surface area (Å²) in [6, 6.07) is 2.05. The van der Waals surface area contributed by atoms with Crippen molar-refractivity contribution in [3.8, 4) is 0 Å². The molecule has 0 saturated heterocycles. The monoisotopic (exact) mass is 248 g/mol. The van der Waals surface area contributed by atoms with E-state index in [0.717, 1.165) is 24.4 Å². The second-order valence-corrected chi connectivity index (χ2v) is 4.03. The summed E-state index contributed by atoms with van der Waals surface area (Å²) in [6.45, 7) is 5.48. The maximum absolute atomic E-state index is 10.7. The zero-order valence-corrected chi connectivity index (χ0v) is 10.5. The second kappa shape index (κ2) is 5.03. The summed E-state index contributed by atoms with van der Waals surface area (Å²) in [5, 5.41) is 13.3. The Morgan fingerprint density at radius 3 is 2.78 bits per heavy atom. The zero-order chi connectivity index (χ0) is 13.1. The molecule has 0 amide bonds. The average Bonchev–Trinajstić information content (AvgIpc) is 2.96. The minimum absolute atomic E-state index is 0.0632. The fraction of sp³-hybridized carbons (Fsp3) is 0.417. The van der Waals surface area contributed by atoms with Gasteiger partial charge in [-0.2, -0.15) is 5.10 Å². The standard InChI is InChI=1S/C12H16N4O2/c1-3-9-5-10(16(4-2)14-9)6-15-7-11(12(17)18)13-8-15/h5,7-8H,3-4,6H2,1-2H3,(H,17,18). The molecule has 0 aliphatic heterocycles. The van der Waals surface area contributed by atoms with Crippen molar-refractivity contribution >= 4 is 5.97 Å². The molecule has 2 rings (SSSR count). The van der Waals surface area contributed by atoms with Crippen molar-refractivity contribution in [3.05, 3.63) is 35.7 Å². The molecule has 0 spiro atoms. The van der Waals surface area contributed by atoms with Gasteiger partial charge in [-0.25, -0.2) is 9.78 Å². The third kappa shape index (κ3) is 2.42. The average molecular weight is 248 g/mol. The molecule has 0 unspecified atom stereocenters. The van der Waals surface area contributed by atoms with Crippen molar-refractivity contribution in [2.45, 2.75) is 33.4 Å². The van der Waals surface area contributed by atoms with E-state index in [1.165, 1.54) is 12.5 Å². The molecule has 6 nitrogen and oxygen atoms in total. The van der Waals surface area contributed by atoms with Crippen molar-refractivity contribution in [2.24, 2.45) is 0 Å². The van der Waals surface area contributed by atoms with Gasteiger partial charge in [0.25, 0.3) is 0 Å². The predicted octanol–water partition coefficient (Wildman–Crippen LogP) is 1.41. The fourth-order valence-corrected chi connectivity index (χ4v) is 1.83. The Balaban J connectivity index is 2.21. The quantitative estimate of drug-likeness (QED) is 0.868. The molecule has 0 saturated carbocycles. The van der Waals surface area contributed by atoms with E-state index in [1.54, 1.807) is 4.57 Å². The number of hydrogen-bond donors (Lipinski definition) is 1. The summed E-state index contributed by atoms with van der Waals surface area (Å²) in [7, 11) is 0. The number of aryl methyl sites for hydroxylation is 2. The Bertz CT molecular complexity index is 556. The fourth-order valence-electron chi connectivity index (χ4n) is 1.83. The van der Waals surface area contributed by atoms with Crippen LogP contribution < -0.4 is 0 Å². The Kier molecular flexibility index (Phi) is 3.45. The lowest BCUT2D eigenvalue weighted by atomic mass is 10.3. The lowest BCUT2D eigenvalue weighted by molar-refractivity contribution is 0.0691. The molecular weight excluding hydrogens is 232 g/mol. The van der Waals surface area contributed by atoms with E-state index in [2.05, 4.69) is 17.0 Å². The molecule has 96 valence electrons. The van der Waals surface area contributed by atoms with Gasteiger partial charge in [-0.3, -0.25) is 4.68 Å². The first-order valence-corrected chi connectivity index (χ1v) is 5.94. The molecule has 1 N–H and O–H groups in total. The largest absolute Gasteiger partial charge is 0.476 e. The van der Waals surface area contributed by atoms with Gasteiger partial charge < -0.3 is 9.67 Å². The van der Waals surface area contributed by atoms with Crippen LogP contribution in [0.2, 0.25) is 0 Å². The molecule has 0 bridgehead atoms. The number of rotatable bonds is 5. The number of hydrogen-bond acceptors (Lipinski definition) is 3. The first kappa shape index (κ1) is 12.3. The normalized spacial score (nSPS) is 10.8. The lowest BCUT2D eigenvalue weighted by Crippen LogP contribution is -2.06. The van der Waals surface area contributed by atoms with Gasteiger partial charge in [0, 0.05) is 12.7 Å². The maximum Gasteiger partial charge on any atom is 0.356 e. The summed E-state index contributed by atoms with van der Waals surface area (Å²) < 4.78 is 3.69. The van der Waals surface area contributed by atoms with Gasteiger partial charge in [0.2, 0.25) is 0 Å². The van der Waals surface area contributed by atoms with Gasteiger partial charge >= 0.3 is 5.97 Å². The molecule has 0 fully saturated rings. The van der Waals surface area contributed by atoms with Crippen molar-refractivity contribution < 1.29 is 9.90 Å². The van der Waals surface area contributed by atoms with E-state index in [1.807, 2.05) is 17.7 Å². The molecule has 0 aliphatic rings. The zero-order valence-electron chi connectivity index (χ0n) is 10.5. The van der Waals surface area contributed by atoms with Crippen LogP contribution in [0.1, 0.15) is 35.7 Å². The first-order valence-electron chi connectivity index (χ1n) is 5.94. The van der Waals surface area contributed by atoms with Crippen LogP contribution in [-0.4, -0.2) is 30.4 Å². The van der Waals surface area contributed by atoms with Crippen LogP contribution >= 0.6 is 0 Å². The van der Waals surface area contributed by atoms with Crippen molar-refractivity contribution in [2.75, 3.05) is 0 Å². The highest BCUT2D eigenvalue weighted by atomic mass is 16.4.